The number of nitrogens with one attached hydrogen (secondary N) is 1. The SMILES string of the molecule is CC(C)C[C@@H]1CC(=O)N(Cc2nnc3n2CCCC3C(F)(F)F)C(=O)N1. The Morgan fingerprint density at radius 3 is 2.62 bits per heavy atom. The van der Waals surface area contributed by atoms with Gasteiger partial charge in [0.15, 0.2) is 5.82 Å². The first-order valence-corrected chi connectivity index (χ1v) is 8.76. The maximum atomic E-state index is 13.1. The Morgan fingerprint density at radius 2 is 2.00 bits per heavy atom. The molecule has 1 aromatic rings. The molecule has 3 rings (SSSR count). The van der Waals surface area contributed by atoms with Crippen molar-refractivity contribution in [1.82, 2.24) is 25.0 Å². The average Bonchev–Trinajstić information content (AvgIpc) is 2.92. The van der Waals surface area contributed by atoms with Gasteiger partial charge in [0, 0.05) is 19.0 Å². The zero-order valence-electron chi connectivity index (χ0n) is 14.7. The quantitative estimate of drug-likeness (QED) is 0.880. The molecule has 3 heterocycles. The predicted octanol–water partition coefficient (Wildman–Crippen LogP) is 2.57. The number of hydrogen-bond donors (Lipinski definition) is 1. The number of urea groups is 1. The Morgan fingerprint density at radius 1 is 1.27 bits per heavy atom. The fraction of sp³-hybridized carbons (Fsp3) is 0.750. The number of hydrogen-bond acceptors (Lipinski definition) is 4. The third kappa shape index (κ3) is 3.68. The van der Waals surface area contributed by atoms with Crippen molar-refractivity contribution in [2.75, 3.05) is 0 Å². The lowest BCUT2D eigenvalue weighted by molar-refractivity contribution is -0.156. The van der Waals surface area contributed by atoms with E-state index in [1.807, 2.05) is 13.8 Å². The maximum Gasteiger partial charge on any atom is 0.398 e. The van der Waals surface area contributed by atoms with Crippen LogP contribution in [0.5, 0.6) is 0 Å². The van der Waals surface area contributed by atoms with Gasteiger partial charge in [-0.3, -0.25) is 9.69 Å². The van der Waals surface area contributed by atoms with Crippen LogP contribution in [0.1, 0.15) is 57.1 Å². The van der Waals surface area contributed by atoms with Gasteiger partial charge in [0.1, 0.15) is 11.7 Å². The molecule has 1 unspecified atom stereocenters. The minimum absolute atomic E-state index is 0.0261. The van der Waals surface area contributed by atoms with Gasteiger partial charge in [-0.2, -0.15) is 13.2 Å². The van der Waals surface area contributed by atoms with Gasteiger partial charge >= 0.3 is 12.2 Å². The van der Waals surface area contributed by atoms with Crippen molar-refractivity contribution in [2.45, 2.75) is 70.8 Å². The zero-order valence-corrected chi connectivity index (χ0v) is 14.7. The lowest BCUT2D eigenvalue weighted by Gasteiger charge is -2.32. The van der Waals surface area contributed by atoms with Gasteiger partial charge in [0.05, 0.1) is 6.54 Å². The third-order valence-electron chi connectivity index (χ3n) is 4.79. The number of carbonyl (C=O) groups is 2. The smallest absolute Gasteiger partial charge is 0.334 e. The van der Waals surface area contributed by atoms with Gasteiger partial charge in [-0.15, -0.1) is 10.2 Å². The van der Waals surface area contributed by atoms with Crippen molar-refractivity contribution in [2.24, 2.45) is 5.92 Å². The van der Waals surface area contributed by atoms with E-state index in [9.17, 15) is 22.8 Å². The third-order valence-corrected chi connectivity index (χ3v) is 4.79. The average molecular weight is 373 g/mol. The summed E-state index contributed by atoms with van der Waals surface area (Å²) in [6.45, 7) is 4.19. The molecule has 0 aromatic carbocycles. The molecule has 0 radical (unpaired) electrons. The van der Waals surface area contributed by atoms with Crippen LogP contribution in [0.25, 0.3) is 0 Å². The molecule has 1 fully saturated rings. The number of carbonyl (C=O) groups excluding carboxylic acids is 2. The highest BCUT2D eigenvalue weighted by Crippen LogP contribution is 2.40. The highest BCUT2D eigenvalue weighted by Gasteiger charge is 2.45. The van der Waals surface area contributed by atoms with E-state index in [1.165, 1.54) is 4.57 Å². The summed E-state index contributed by atoms with van der Waals surface area (Å²) in [4.78, 5) is 25.6. The standard InChI is InChI=1S/C16H22F3N5O2/c1-9(2)6-10-7-13(25)24(15(26)20-10)8-12-21-22-14-11(16(17,18)19)4-3-5-23(12)14/h9-11H,3-8H2,1-2H3,(H,20,26)/t10-,11?/m1/s1. The second kappa shape index (κ2) is 6.88. The van der Waals surface area contributed by atoms with E-state index in [0.717, 1.165) is 4.90 Å². The molecule has 1 aromatic heterocycles. The summed E-state index contributed by atoms with van der Waals surface area (Å²) >= 11 is 0. The number of halogens is 3. The van der Waals surface area contributed by atoms with E-state index in [0.29, 0.717) is 25.3 Å². The number of nitrogens with zero attached hydrogens (tertiary/aromatic N) is 4. The first-order chi connectivity index (χ1) is 12.2. The minimum Gasteiger partial charge on any atom is -0.334 e. The van der Waals surface area contributed by atoms with E-state index in [-0.39, 0.29) is 43.0 Å². The van der Waals surface area contributed by atoms with Gasteiger partial charge in [-0.05, 0) is 25.2 Å². The molecule has 0 saturated carbocycles. The van der Waals surface area contributed by atoms with E-state index >= 15 is 0 Å². The summed E-state index contributed by atoms with van der Waals surface area (Å²) in [6.07, 6.45) is -3.19. The summed E-state index contributed by atoms with van der Waals surface area (Å²) in [5.41, 5.74) is 0. The molecule has 2 aliphatic heterocycles. The fourth-order valence-electron chi connectivity index (χ4n) is 3.61. The van der Waals surface area contributed by atoms with Crippen LogP contribution in [-0.4, -0.2) is 43.8 Å². The Labute approximate surface area is 148 Å². The number of alkyl halides is 3. The van der Waals surface area contributed by atoms with Crippen molar-refractivity contribution >= 4 is 11.9 Å². The second-order valence-corrected chi connectivity index (χ2v) is 7.32. The Bertz CT molecular complexity index is 683. The summed E-state index contributed by atoms with van der Waals surface area (Å²) < 4.78 is 40.8. The van der Waals surface area contributed by atoms with E-state index in [1.54, 1.807) is 0 Å². The Hall–Kier alpha value is -2.13. The molecular weight excluding hydrogens is 351 g/mol. The van der Waals surface area contributed by atoms with Crippen LogP contribution >= 0.6 is 0 Å². The highest BCUT2D eigenvalue weighted by atomic mass is 19.4. The van der Waals surface area contributed by atoms with Gasteiger partial charge in [-0.25, -0.2) is 4.79 Å². The maximum absolute atomic E-state index is 13.1. The van der Waals surface area contributed by atoms with E-state index in [2.05, 4.69) is 15.5 Å². The molecule has 0 bridgehead atoms. The van der Waals surface area contributed by atoms with Crippen molar-refractivity contribution < 1.29 is 22.8 Å². The summed E-state index contributed by atoms with van der Waals surface area (Å²) in [5, 5.41) is 10.3. The second-order valence-electron chi connectivity index (χ2n) is 7.32. The van der Waals surface area contributed by atoms with Crippen LogP contribution < -0.4 is 5.32 Å². The predicted molar refractivity (Wildman–Crippen MR) is 85.0 cm³/mol. The van der Waals surface area contributed by atoms with Crippen LogP contribution in [0.2, 0.25) is 0 Å². The lowest BCUT2D eigenvalue weighted by Crippen LogP contribution is -2.54. The summed E-state index contributed by atoms with van der Waals surface area (Å²) in [7, 11) is 0. The number of aromatic nitrogens is 3. The number of imide groups is 1. The van der Waals surface area contributed by atoms with Gasteiger partial charge in [-0.1, -0.05) is 13.8 Å². The minimum atomic E-state index is -4.38. The van der Waals surface area contributed by atoms with Gasteiger partial charge in [0.25, 0.3) is 0 Å². The molecule has 144 valence electrons. The zero-order chi connectivity index (χ0) is 19.1. The van der Waals surface area contributed by atoms with Crippen LogP contribution in [0.3, 0.4) is 0 Å². The first-order valence-electron chi connectivity index (χ1n) is 8.76. The van der Waals surface area contributed by atoms with Gasteiger partial charge < -0.3 is 9.88 Å². The number of fused-ring (bicyclic) bond motifs is 1. The fourth-order valence-corrected chi connectivity index (χ4v) is 3.61. The molecule has 7 nitrogen and oxygen atoms in total. The molecule has 10 heteroatoms. The molecule has 3 amide bonds. The van der Waals surface area contributed by atoms with Crippen LogP contribution in [0.4, 0.5) is 18.0 Å². The monoisotopic (exact) mass is 373 g/mol. The highest BCUT2D eigenvalue weighted by molar-refractivity contribution is 5.97. The lowest BCUT2D eigenvalue weighted by atomic mass is 9.98. The van der Waals surface area contributed by atoms with Crippen molar-refractivity contribution in [1.29, 1.82) is 0 Å². The molecular formula is C16H22F3N5O2. The number of amides is 3. The van der Waals surface area contributed by atoms with Crippen molar-refractivity contribution in [3.63, 3.8) is 0 Å². The Balaban J connectivity index is 1.75. The van der Waals surface area contributed by atoms with E-state index < -0.39 is 18.1 Å². The van der Waals surface area contributed by atoms with E-state index in [4.69, 9.17) is 0 Å². The van der Waals surface area contributed by atoms with Crippen LogP contribution in [-0.2, 0) is 17.9 Å². The molecule has 1 saturated heterocycles. The topological polar surface area (TPSA) is 80.1 Å². The molecule has 2 atom stereocenters. The molecule has 0 aliphatic carbocycles. The van der Waals surface area contributed by atoms with Crippen LogP contribution in [0, 0.1) is 5.92 Å². The summed E-state index contributed by atoms with van der Waals surface area (Å²) in [5.74, 6) is -1.60. The van der Waals surface area contributed by atoms with Gasteiger partial charge in [0.2, 0.25) is 5.91 Å². The van der Waals surface area contributed by atoms with Crippen molar-refractivity contribution in [3.05, 3.63) is 11.6 Å². The molecule has 26 heavy (non-hydrogen) atoms. The molecule has 2 aliphatic rings. The van der Waals surface area contributed by atoms with Crippen molar-refractivity contribution in [3.8, 4) is 0 Å². The largest absolute Gasteiger partial charge is 0.398 e. The molecule has 1 N–H and O–H groups in total. The molecule has 0 spiro atoms. The summed E-state index contributed by atoms with van der Waals surface area (Å²) in [6, 6.07) is -0.749. The first kappa shape index (κ1) is 18.7. The number of rotatable bonds is 4. The normalized spacial score (nSPS) is 24.0. The van der Waals surface area contributed by atoms with Crippen LogP contribution in [0.15, 0.2) is 0 Å². The Kier molecular flexibility index (Phi) is 4.94.